The van der Waals surface area contributed by atoms with Crippen LogP contribution in [0.4, 0.5) is 0 Å². The number of hydrogen-bond acceptors (Lipinski definition) is 4. The largest absolute Gasteiger partial charge is 0.324 e. The van der Waals surface area contributed by atoms with Crippen LogP contribution in [0.5, 0.6) is 0 Å². The normalized spacial score (nSPS) is 19.9. The Hall–Kier alpha value is -0.950. The van der Waals surface area contributed by atoms with Gasteiger partial charge < -0.3 is 10.6 Å². The van der Waals surface area contributed by atoms with E-state index in [1.165, 1.54) is 0 Å². The average molecular weight is 311 g/mol. The van der Waals surface area contributed by atoms with E-state index < -0.39 is 10.0 Å². The van der Waals surface area contributed by atoms with Crippen LogP contribution in [0.2, 0.25) is 0 Å². The minimum Gasteiger partial charge on any atom is -0.324 e. The van der Waals surface area contributed by atoms with Crippen molar-refractivity contribution >= 4 is 10.0 Å². The number of nitrogens with two attached hydrogens (primary N) is 1. The van der Waals surface area contributed by atoms with Gasteiger partial charge >= 0.3 is 0 Å². The van der Waals surface area contributed by atoms with E-state index in [0.717, 1.165) is 18.4 Å². The van der Waals surface area contributed by atoms with Gasteiger partial charge in [-0.25, -0.2) is 8.42 Å². The molecule has 1 aliphatic rings. The number of rotatable bonds is 4. The molecule has 118 valence electrons. The summed E-state index contributed by atoms with van der Waals surface area (Å²) in [5.41, 5.74) is 6.69. The van der Waals surface area contributed by atoms with Crippen molar-refractivity contribution in [2.75, 3.05) is 27.2 Å². The van der Waals surface area contributed by atoms with Crippen molar-refractivity contribution in [1.82, 2.24) is 9.21 Å². The van der Waals surface area contributed by atoms with Crippen LogP contribution in [0.3, 0.4) is 0 Å². The highest BCUT2D eigenvalue weighted by atomic mass is 32.2. The molecule has 1 unspecified atom stereocenters. The number of piperidine rings is 1. The second kappa shape index (κ2) is 6.44. The Balaban J connectivity index is 2.18. The minimum atomic E-state index is -3.41. The van der Waals surface area contributed by atoms with Crippen molar-refractivity contribution in [1.29, 1.82) is 0 Å². The van der Waals surface area contributed by atoms with Crippen molar-refractivity contribution in [2.24, 2.45) is 5.73 Å². The second-order valence-corrected chi connectivity index (χ2v) is 7.90. The fraction of sp³-hybridized carbons (Fsp3) is 0.600. The Morgan fingerprint density at radius 2 is 1.90 bits per heavy atom. The predicted molar refractivity (Wildman–Crippen MR) is 84.5 cm³/mol. The van der Waals surface area contributed by atoms with Gasteiger partial charge in [-0.05, 0) is 51.6 Å². The van der Waals surface area contributed by atoms with Crippen molar-refractivity contribution in [3.63, 3.8) is 0 Å². The quantitative estimate of drug-likeness (QED) is 0.913. The van der Waals surface area contributed by atoms with Crippen molar-refractivity contribution < 1.29 is 8.42 Å². The lowest BCUT2D eigenvalue weighted by atomic mass is 10.1. The lowest BCUT2D eigenvalue weighted by Crippen LogP contribution is -2.44. The first-order chi connectivity index (χ1) is 9.82. The summed E-state index contributed by atoms with van der Waals surface area (Å²) in [6.07, 6.45) is 1.75. The highest BCUT2D eigenvalue weighted by molar-refractivity contribution is 7.89. The molecule has 2 N–H and O–H groups in total. The molecule has 1 aromatic rings. The zero-order chi connectivity index (χ0) is 15.6. The number of benzene rings is 1. The van der Waals surface area contributed by atoms with E-state index in [-0.39, 0.29) is 6.04 Å². The standard InChI is InChI=1S/C15H25N3O2S/c1-12(16)13-5-4-6-15(11-13)21(19,20)18-9-7-14(8-10-18)17(2)3/h4-6,11-12,14H,7-10,16H2,1-3H3. The summed E-state index contributed by atoms with van der Waals surface area (Å²) in [4.78, 5) is 2.52. The van der Waals surface area contributed by atoms with Crippen LogP contribution in [0.25, 0.3) is 0 Å². The Morgan fingerprint density at radius 1 is 1.29 bits per heavy atom. The molecule has 0 aliphatic carbocycles. The number of hydrogen-bond donors (Lipinski definition) is 1. The smallest absolute Gasteiger partial charge is 0.243 e. The highest BCUT2D eigenvalue weighted by Crippen LogP contribution is 2.24. The molecule has 0 bridgehead atoms. The van der Waals surface area contributed by atoms with Crippen LogP contribution in [0.1, 0.15) is 31.4 Å². The van der Waals surface area contributed by atoms with Gasteiger partial charge in [0, 0.05) is 25.2 Å². The lowest BCUT2D eigenvalue weighted by molar-refractivity contribution is 0.196. The van der Waals surface area contributed by atoms with Crippen LogP contribution in [-0.2, 0) is 10.0 Å². The molecule has 0 aromatic heterocycles. The van der Waals surface area contributed by atoms with E-state index in [0.29, 0.717) is 24.0 Å². The minimum absolute atomic E-state index is 0.167. The first kappa shape index (κ1) is 16.4. The second-order valence-electron chi connectivity index (χ2n) is 5.96. The molecule has 1 fully saturated rings. The van der Waals surface area contributed by atoms with E-state index in [1.807, 2.05) is 27.1 Å². The molecule has 1 aliphatic heterocycles. The Labute approximate surface area is 127 Å². The molecular weight excluding hydrogens is 286 g/mol. The van der Waals surface area contributed by atoms with Gasteiger partial charge in [0.1, 0.15) is 0 Å². The number of sulfonamides is 1. The zero-order valence-corrected chi connectivity index (χ0v) is 13.8. The molecule has 1 saturated heterocycles. The molecule has 0 spiro atoms. The van der Waals surface area contributed by atoms with Crippen LogP contribution < -0.4 is 5.73 Å². The van der Waals surface area contributed by atoms with Gasteiger partial charge in [-0.15, -0.1) is 0 Å². The first-order valence-electron chi connectivity index (χ1n) is 7.34. The molecule has 5 nitrogen and oxygen atoms in total. The SMILES string of the molecule is CC(N)c1cccc(S(=O)(=O)N2CCC(N(C)C)CC2)c1. The molecular formula is C15H25N3O2S. The van der Waals surface area contributed by atoms with Crippen LogP contribution in [0.15, 0.2) is 29.2 Å². The summed E-state index contributed by atoms with van der Waals surface area (Å²) in [6.45, 7) is 3.01. The Morgan fingerprint density at radius 3 is 2.43 bits per heavy atom. The molecule has 1 heterocycles. The summed E-state index contributed by atoms with van der Waals surface area (Å²) in [5.74, 6) is 0. The first-order valence-corrected chi connectivity index (χ1v) is 8.78. The Bertz CT molecular complexity index is 576. The fourth-order valence-electron chi connectivity index (χ4n) is 2.71. The third-order valence-corrected chi connectivity index (χ3v) is 6.07. The van der Waals surface area contributed by atoms with Gasteiger partial charge in [-0.3, -0.25) is 0 Å². The topological polar surface area (TPSA) is 66.6 Å². The third kappa shape index (κ3) is 3.63. The van der Waals surface area contributed by atoms with Crippen molar-refractivity contribution in [3.8, 4) is 0 Å². The van der Waals surface area contributed by atoms with E-state index >= 15 is 0 Å². The van der Waals surface area contributed by atoms with Crippen LogP contribution >= 0.6 is 0 Å². The third-order valence-electron chi connectivity index (χ3n) is 4.18. The monoisotopic (exact) mass is 311 g/mol. The van der Waals surface area contributed by atoms with Crippen LogP contribution in [-0.4, -0.2) is 50.8 Å². The van der Waals surface area contributed by atoms with Gasteiger partial charge in [-0.1, -0.05) is 12.1 Å². The molecule has 0 saturated carbocycles. The van der Waals surface area contributed by atoms with Gasteiger partial charge in [0.05, 0.1) is 4.90 Å². The molecule has 6 heteroatoms. The van der Waals surface area contributed by atoms with Crippen molar-refractivity contribution in [2.45, 2.75) is 36.7 Å². The van der Waals surface area contributed by atoms with E-state index in [9.17, 15) is 8.42 Å². The van der Waals surface area contributed by atoms with E-state index in [1.54, 1.807) is 22.5 Å². The summed E-state index contributed by atoms with van der Waals surface area (Å²) >= 11 is 0. The van der Waals surface area contributed by atoms with Crippen LogP contribution in [0, 0.1) is 0 Å². The maximum Gasteiger partial charge on any atom is 0.243 e. The van der Waals surface area contributed by atoms with Gasteiger partial charge in [-0.2, -0.15) is 4.31 Å². The lowest BCUT2D eigenvalue weighted by Gasteiger charge is -2.34. The predicted octanol–water partition coefficient (Wildman–Crippen LogP) is 1.42. The molecule has 0 radical (unpaired) electrons. The van der Waals surface area contributed by atoms with Gasteiger partial charge in [0.25, 0.3) is 0 Å². The van der Waals surface area contributed by atoms with E-state index in [2.05, 4.69) is 4.90 Å². The zero-order valence-electron chi connectivity index (χ0n) is 13.0. The van der Waals surface area contributed by atoms with Gasteiger partial charge in [0.15, 0.2) is 0 Å². The molecule has 1 aromatic carbocycles. The van der Waals surface area contributed by atoms with E-state index in [4.69, 9.17) is 5.73 Å². The summed E-state index contributed by atoms with van der Waals surface area (Å²) in [5, 5.41) is 0. The maximum atomic E-state index is 12.7. The maximum absolute atomic E-state index is 12.7. The average Bonchev–Trinajstić information content (AvgIpc) is 2.47. The van der Waals surface area contributed by atoms with Crippen molar-refractivity contribution in [3.05, 3.63) is 29.8 Å². The summed E-state index contributed by atoms with van der Waals surface area (Å²) < 4.78 is 27.0. The summed E-state index contributed by atoms with van der Waals surface area (Å²) in [7, 11) is 0.677. The highest BCUT2D eigenvalue weighted by Gasteiger charge is 2.30. The fourth-order valence-corrected chi connectivity index (χ4v) is 4.23. The number of nitrogens with zero attached hydrogens (tertiary/aromatic N) is 2. The Kier molecular flexibility index (Phi) is 5.03. The molecule has 2 rings (SSSR count). The molecule has 21 heavy (non-hydrogen) atoms. The van der Waals surface area contributed by atoms with Gasteiger partial charge in [0.2, 0.25) is 10.0 Å². The molecule has 1 atom stereocenters. The molecule has 0 amide bonds. The summed E-state index contributed by atoms with van der Waals surface area (Å²) in [6, 6.07) is 7.27.